The van der Waals surface area contributed by atoms with Gasteiger partial charge in [-0.15, -0.1) is 0 Å². The van der Waals surface area contributed by atoms with Crippen molar-refractivity contribution >= 4 is 28.0 Å². The third-order valence-electron chi connectivity index (χ3n) is 3.59. The first-order chi connectivity index (χ1) is 10.7. The molecule has 0 fully saturated rings. The van der Waals surface area contributed by atoms with Gasteiger partial charge in [-0.3, -0.25) is 4.98 Å². The van der Waals surface area contributed by atoms with Crippen LogP contribution >= 0.6 is 0 Å². The zero-order valence-corrected chi connectivity index (χ0v) is 13.0. The van der Waals surface area contributed by atoms with Gasteiger partial charge in [0.1, 0.15) is 5.75 Å². The van der Waals surface area contributed by atoms with E-state index in [9.17, 15) is 0 Å². The van der Waals surface area contributed by atoms with Crippen LogP contribution in [0, 0.1) is 0 Å². The SMILES string of the molecule is COc1cccc(Nc2ccnc3ccc(N(C)C)cc23)c1. The van der Waals surface area contributed by atoms with Gasteiger partial charge in [-0.1, -0.05) is 6.07 Å². The number of benzene rings is 2. The molecule has 0 unspecified atom stereocenters. The Hall–Kier alpha value is -2.75. The average molecular weight is 293 g/mol. The molecule has 112 valence electrons. The Kier molecular flexibility index (Phi) is 3.83. The molecular weight excluding hydrogens is 274 g/mol. The standard InChI is InChI=1S/C18H19N3O/c1-21(2)14-7-8-17-16(12-14)18(9-10-19-17)20-13-5-4-6-15(11-13)22-3/h4-12H,1-3H3,(H,19,20). The maximum atomic E-state index is 5.27. The van der Waals surface area contributed by atoms with Crippen LogP contribution < -0.4 is 15.0 Å². The van der Waals surface area contributed by atoms with Crippen LogP contribution in [-0.4, -0.2) is 26.2 Å². The molecule has 4 nitrogen and oxygen atoms in total. The zero-order chi connectivity index (χ0) is 15.5. The molecule has 1 heterocycles. The van der Waals surface area contributed by atoms with Gasteiger partial charge in [0.25, 0.3) is 0 Å². The Bertz CT molecular complexity index is 799. The summed E-state index contributed by atoms with van der Waals surface area (Å²) in [4.78, 5) is 6.52. The van der Waals surface area contributed by atoms with Gasteiger partial charge < -0.3 is 15.0 Å². The summed E-state index contributed by atoms with van der Waals surface area (Å²) >= 11 is 0. The minimum Gasteiger partial charge on any atom is -0.497 e. The number of aromatic nitrogens is 1. The van der Waals surface area contributed by atoms with Gasteiger partial charge >= 0.3 is 0 Å². The number of nitrogens with zero attached hydrogens (tertiary/aromatic N) is 2. The second kappa shape index (κ2) is 5.93. The topological polar surface area (TPSA) is 37.4 Å². The molecule has 0 amide bonds. The predicted octanol–water partition coefficient (Wildman–Crippen LogP) is 4.05. The smallest absolute Gasteiger partial charge is 0.120 e. The van der Waals surface area contributed by atoms with Gasteiger partial charge in [0.15, 0.2) is 0 Å². The van der Waals surface area contributed by atoms with Crippen molar-refractivity contribution in [2.75, 3.05) is 31.4 Å². The van der Waals surface area contributed by atoms with Crippen LogP contribution in [0.5, 0.6) is 5.75 Å². The van der Waals surface area contributed by atoms with Crippen LogP contribution in [0.1, 0.15) is 0 Å². The first-order valence-electron chi connectivity index (χ1n) is 7.14. The molecular formula is C18H19N3O. The van der Waals surface area contributed by atoms with E-state index < -0.39 is 0 Å². The molecule has 0 radical (unpaired) electrons. The van der Waals surface area contributed by atoms with E-state index in [-0.39, 0.29) is 0 Å². The maximum absolute atomic E-state index is 5.27. The number of nitrogens with one attached hydrogen (secondary N) is 1. The molecule has 4 heteroatoms. The van der Waals surface area contributed by atoms with Crippen LogP contribution in [0.25, 0.3) is 10.9 Å². The molecule has 0 aliphatic heterocycles. The number of fused-ring (bicyclic) bond motifs is 1. The molecule has 0 aliphatic carbocycles. The molecule has 3 rings (SSSR count). The summed E-state index contributed by atoms with van der Waals surface area (Å²) in [5, 5.41) is 4.54. The third-order valence-corrected chi connectivity index (χ3v) is 3.59. The van der Waals surface area contributed by atoms with E-state index in [1.54, 1.807) is 7.11 Å². The van der Waals surface area contributed by atoms with Gasteiger partial charge in [-0.25, -0.2) is 0 Å². The van der Waals surface area contributed by atoms with E-state index in [0.29, 0.717) is 0 Å². The van der Waals surface area contributed by atoms with E-state index in [4.69, 9.17) is 4.74 Å². The summed E-state index contributed by atoms with van der Waals surface area (Å²) < 4.78 is 5.27. The number of hydrogen-bond donors (Lipinski definition) is 1. The number of anilines is 3. The van der Waals surface area contributed by atoms with Gasteiger partial charge in [-0.2, -0.15) is 0 Å². The van der Waals surface area contributed by atoms with Gasteiger partial charge in [0, 0.05) is 48.8 Å². The highest BCUT2D eigenvalue weighted by Gasteiger charge is 2.05. The number of rotatable bonds is 4. The van der Waals surface area contributed by atoms with Crippen molar-refractivity contribution < 1.29 is 4.74 Å². The largest absolute Gasteiger partial charge is 0.497 e. The molecule has 2 aromatic carbocycles. The summed E-state index contributed by atoms with van der Waals surface area (Å²) in [6.45, 7) is 0. The summed E-state index contributed by atoms with van der Waals surface area (Å²) in [7, 11) is 5.74. The fourth-order valence-corrected chi connectivity index (χ4v) is 2.38. The van der Waals surface area contributed by atoms with Crippen molar-refractivity contribution in [3.63, 3.8) is 0 Å². The van der Waals surface area contributed by atoms with Crippen molar-refractivity contribution in [1.29, 1.82) is 0 Å². The lowest BCUT2D eigenvalue weighted by Gasteiger charge is -2.15. The summed E-state index contributed by atoms with van der Waals surface area (Å²) in [6, 6.07) is 16.1. The molecule has 0 saturated carbocycles. The second-order valence-electron chi connectivity index (χ2n) is 5.31. The first-order valence-corrected chi connectivity index (χ1v) is 7.14. The summed E-state index contributed by atoms with van der Waals surface area (Å²) in [5.41, 5.74) is 4.14. The summed E-state index contributed by atoms with van der Waals surface area (Å²) in [5.74, 6) is 0.831. The van der Waals surface area contributed by atoms with Crippen LogP contribution in [0.2, 0.25) is 0 Å². The Morgan fingerprint density at radius 2 is 1.91 bits per heavy atom. The van der Waals surface area contributed by atoms with E-state index in [2.05, 4.69) is 27.3 Å². The maximum Gasteiger partial charge on any atom is 0.120 e. The number of methoxy groups -OCH3 is 1. The third kappa shape index (κ3) is 2.81. The van der Waals surface area contributed by atoms with E-state index in [1.165, 1.54) is 0 Å². The molecule has 22 heavy (non-hydrogen) atoms. The Morgan fingerprint density at radius 1 is 1.05 bits per heavy atom. The molecule has 1 aromatic heterocycles. The highest BCUT2D eigenvalue weighted by molar-refractivity contribution is 5.95. The highest BCUT2D eigenvalue weighted by Crippen LogP contribution is 2.29. The van der Waals surface area contributed by atoms with Crippen LogP contribution in [-0.2, 0) is 0 Å². The van der Waals surface area contributed by atoms with Crippen LogP contribution in [0.3, 0.4) is 0 Å². The Morgan fingerprint density at radius 3 is 2.68 bits per heavy atom. The first kappa shape index (κ1) is 14.2. The lowest BCUT2D eigenvalue weighted by molar-refractivity contribution is 0.415. The van der Waals surface area contributed by atoms with Crippen LogP contribution in [0.15, 0.2) is 54.7 Å². The average Bonchev–Trinajstić information content (AvgIpc) is 2.55. The van der Waals surface area contributed by atoms with Crippen molar-refractivity contribution in [2.45, 2.75) is 0 Å². The molecule has 0 bridgehead atoms. The van der Waals surface area contributed by atoms with E-state index in [0.717, 1.165) is 33.7 Å². The fourth-order valence-electron chi connectivity index (χ4n) is 2.38. The highest BCUT2D eigenvalue weighted by atomic mass is 16.5. The van der Waals surface area contributed by atoms with E-state index in [1.807, 2.05) is 56.7 Å². The molecule has 0 atom stereocenters. The van der Waals surface area contributed by atoms with Crippen molar-refractivity contribution in [2.24, 2.45) is 0 Å². The molecule has 0 spiro atoms. The molecule has 0 saturated heterocycles. The van der Waals surface area contributed by atoms with Crippen LogP contribution in [0.4, 0.5) is 17.1 Å². The molecule has 3 aromatic rings. The number of pyridine rings is 1. The lowest BCUT2D eigenvalue weighted by atomic mass is 10.1. The predicted molar refractivity (Wildman–Crippen MR) is 92.3 cm³/mol. The second-order valence-corrected chi connectivity index (χ2v) is 5.31. The molecule has 0 aliphatic rings. The Balaban J connectivity index is 2.03. The minimum atomic E-state index is 0.831. The number of ether oxygens (including phenoxy) is 1. The minimum absolute atomic E-state index is 0.831. The van der Waals surface area contributed by atoms with Crippen molar-refractivity contribution in [3.05, 3.63) is 54.7 Å². The van der Waals surface area contributed by atoms with Gasteiger partial charge in [-0.05, 0) is 36.4 Å². The number of hydrogen-bond acceptors (Lipinski definition) is 4. The quantitative estimate of drug-likeness (QED) is 0.787. The van der Waals surface area contributed by atoms with Crippen molar-refractivity contribution in [1.82, 2.24) is 4.98 Å². The molecule has 1 N–H and O–H groups in total. The van der Waals surface area contributed by atoms with E-state index >= 15 is 0 Å². The summed E-state index contributed by atoms with van der Waals surface area (Å²) in [6.07, 6.45) is 1.82. The van der Waals surface area contributed by atoms with Crippen molar-refractivity contribution in [3.8, 4) is 5.75 Å². The lowest BCUT2D eigenvalue weighted by Crippen LogP contribution is -2.08. The Labute approximate surface area is 130 Å². The normalized spacial score (nSPS) is 10.5. The fraction of sp³-hybridized carbons (Fsp3) is 0.167. The van der Waals surface area contributed by atoms with Gasteiger partial charge in [0.2, 0.25) is 0 Å². The monoisotopic (exact) mass is 293 g/mol. The zero-order valence-electron chi connectivity index (χ0n) is 13.0. The van der Waals surface area contributed by atoms with Gasteiger partial charge in [0.05, 0.1) is 12.6 Å².